The average Bonchev–Trinajstić information content (AvgIpc) is 3.27. The molecule has 1 saturated heterocycles. The molecule has 0 atom stereocenters. The fourth-order valence-electron chi connectivity index (χ4n) is 3.28. The van der Waals surface area contributed by atoms with E-state index in [9.17, 15) is 4.39 Å². The predicted octanol–water partition coefficient (Wildman–Crippen LogP) is 7.57. The van der Waals surface area contributed by atoms with E-state index in [2.05, 4.69) is 37.5 Å². The Labute approximate surface area is 169 Å². The highest BCUT2D eigenvalue weighted by atomic mass is 19.1. The Balaban J connectivity index is 1.43. The molecule has 4 rings (SSSR count). The molecule has 0 spiro atoms. The summed E-state index contributed by atoms with van der Waals surface area (Å²) in [5.41, 5.74) is 4.92. The van der Waals surface area contributed by atoms with Crippen molar-refractivity contribution in [1.82, 2.24) is 0 Å². The largest absolute Gasteiger partial charge is 0.372 e. The minimum atomic E-state index is -0.331. The predicted molar refractivity (Wildman–Crippen MR) is 114 cm³/mol. The summed E-state index contributed by atoms with van der Waals surface area (Å²) in [4.78, 5) is 2.39. The van der Waals surface area contributed by atoms with Crippen molar-refractivity contribution in [2.75, 3.05) is 18.0 Å². The molecular weight excluding hydrogens is 365 g/mol. The first-order valence-electron chi connectivity index (χ1n) is 9.72. The van der Waals surface area contributed by atoms with E-state index in [1.54, 1.807) is 12.1 Å². The van der Waals surface area contributed by atoms with Crippen LogP contribution in [0.3, 0.4) is 0 Å². The third kappa shape index (κ3) is 4.90. The zero-order chi connectivity index (χ0) is 20.1. The van der Waals surface area contributed by atoms with Crippen LogP contribution in [0.1, 0.15) is 18.4 Å². The van der Waals surface area contributed by atoms with Crippen molar-refractivity contribution < 1.29 is 4.39 Å². The Kier molecular flexibility index (Phi) is 5.70. The molecule has 146 valence electrons. The van der Waals surface area contributed by atoms with Gasteiger partial charge in [-0.3, -0.25) is 0 Å². The molecule has 1 fully saturated rings. The molecule has 0 unspecified atom stereocenters. The highest BCUT2D eigenvalue weighted by Crippen LogP contribution is 2.28. The standard InChI is InChI=1S/C23H22FN5/c1-17-15-21(9-12-23(17)28-27-20-6-4-5-18(24)16-20)26-25-19-7-10-22(11-8-19)29-13-2-3-14-29/h4-12,15-16H,2-3,13-14H2,1H3/b26-25+,28-27+. The highest BCUT2D eigenvalue weighted by Gasteiger charge is 2.11. The quantitative estimate of drug-likeness (QED) is 0.417. The van der Waals surface area contributed by atoms with Crippen LogP contribution in [0.15, 0.2) is 87.2 Å². The average molecular weight is 387 g/mol. The van der Waals surface area contributed by atoms with Crippen molar-refractivity contribution in [2.24, 2.45) is 20.5 Å². The maximum atomic E-state index is 13.2. The number of hydrogen-bond donors (Lipinski definition) is 0. The molecule has 0 bridgehead atoms. The molecule has 6 heteroatoms. The van der Waals surface area contributed by atoms with Crippen LogP contribution in [-0.4, -0.2) is 13.1 Å². The smallest absolute Gasteiger partial charge is 0.125 e. The minimum Gasteiger partial charge on any atom is -0.372 e. The molecule has 3 aromatic carbocycles. The van der Waals surface area contributed by atoms with Crippen molar-refractivity contribution in [1.29, 1.82) is 0 Å². The van der Waals surface area contributed by atoms with E-state index in [1.165, 1.54) is 30.7 Å². The number of nitrogens with zero attached hydrogens (tertiary/aromatic N) is 5. The molecule has 3 aromatic rings. The van der Waals surface area contributed by atoms with Gasteiger partial charge in [0.2, 0.25) is 0 Å². The molecule has 0 aromatic heterocycles. The van der Waals surface area contributed by atoms with Crippen LogP contribution in [0.5, 0.6) is 0 Å². The Morgan fingerprint density at radius 1 is 0.724 bits per heavy atom. The van der Waals surface area contributed by atoms with Gasteiger partial charge in [-0.05, 0) is 79.9 Å². The summed E-state index contributed by atoms with van der Waals surface area (Å²) in [5.74, 6) is -0.331. The lowest BCUT2D eigenvalue weighted by Crippen LogP contribution is -2.17. The number of azo groups is 2. The van der Waals surface area contributed by atoms with Crippen molar-refractivity contribution >= 4 is 28.4 Å². The molecule has 0 aliphatic carbocycles. The van der Waals surface area contributed by atoms with Gasteiger partial charge >= 0.3 is 0 Å². The lowest BCUT2D eigenvalue weighted by Gasteiger charge is -2.17. The van der Waals surface area contributed by atoms with E-state index in [0.717, 1.165) is 30.0 Å². The van der Waals surface area contributed by atoms with Gasteiger partial charge in [-0.15, -0.1) is 0 Å². The molecule has 0 saturated carbocycles. The van der Waals surface area contributed by atoms with Gasteiger partial charge in [0.1, 0.15) is 5.82 Å². The zero-order valence-electron chi connectivity index (χ0n) is 16.3. The summed E-state index contributed by atoms with van der Waals surface area (Å²) in [6.07, 6.45) is 2.53. The second-order valence-corrected chi connectivity index (χ2v) is 7.06. The van der Waals surface area contributed by atoms with Crippen molar-refractivity contribution in [2.45, 2.75) is 19.8 Å². The minimum absolute atomic E-state index is 0.331. The van der Waals surface area contributed by atoms with E-state index < -0.39 is 0 Å². The van der Waals surface area contributed by atoms with Crippen LogP contribution in [0.25, 0.3) is 0 Å². The third-order valence-electron chi connectivity index (χ3n) is 4.86. The summed E-state index contributed by atoms with van der Waals surface area (Å²) in [6, 6.07) is 19.8. The number of aryl methyl sites for hydroxylation is 1. The first-order chi connectivity index (χ1) is 14.2. The van der Waals surface area contributed by atoms with Crippen LogP contribution in [0, 0.1) is 12.7 Å². The zero-order valence-corrected chi connectivity index (χ0v) is 16.3. The first kappa shape index (κ1) is 18.9. The third-order valence-corrected chi connectivity index (χ3v) is 4.86. The molecule has 0 amide bonds. The summed E-state index contributed by atoms with van der Waals surface area (Å²) in [5, 5.41) is 16.9. The second-order valence-electron chi connectivity index (χ2n) is 7.06. The van der Waals surface area contributed by atoms with Gasteiger partial charge in [-0.25, -0.2) is 4.39 Å². The second kappa shape index (κ2) is 8.73. The Bertz CT molecular complexity index is 1040. The van der Waals surface area contributed by atoms with Gasteiger partial charge in [-0.2, -0.15) is 20.5 Å². The Hall–Kier alpha value is -3.41. The van der Waals surface area contributed by atoms with E-state index in [4.69, 9.17) is 0 Å². The maximum absolute atomic E-state index is 13.2. The van der Waals surface area contributed by atoms with Crippen LogP contribution in [0.2, 0.25) is 0 Å². The van der Waals surface area contributed by atoms with Gasteiger partial charge in [0, 0.05) is 24.8 Å². The van der Waals surface area contributed by atoms with Gasteiger partial charge in [0.15, 0.2) is 0 Å². The van der Waals surface area contributed by atoms with Crippen molar-refractivity contribution in [3.05, 3.63) is 78.1 Å². The molecule has 1 heterocycles. The summed E-state index contributed by atoms with van der Waals surface area (Å²) in [6.45, 7) is 4.19. The van der Waals surface area contributed by atoms with Gasteiger partial charge in [0.05, 0.1) is 22.7 Å². The van der Waals surface area contributed by atoms with Crippen molar-refractivity contribution in [3.63, 3.8) is 0 Å². The lowest BCUT2D eigenvalue weighted by molar-refractivity contribution is 0.628. The van der Waals surface area contributed by atoms with Crippen LogP contribution < -0.4 is 4.90 Å². The number of rotatable bonds is 5. The molecule has 5 nitrogen and oxygen atoms in total. The first-order valence-corrected chi connectivity index (χ1v) is 9.72. The lowest BCUT2D eigenvalue weighted by atomic mass is 10.2. The van der Waals surface area contributed by atoms with E-state index in [-0.39, 0.29) is 5.82 Å². The normalized spacial score (nSPS) is 14.3. The van der Waals surface area contributed by atoms with Crippen molar-refractivity contribution in [3.8, 4) is 0 Å². The molecular formula is C23H22FN5. The number of halogens is 1. The molecule has 1 aliphatic heterocycles. The van der Waals surface area contributed by atoms with Gasteiger partial charge in [0.25, 0.3) is 0 Å². The fraction of sp³-hybridized carbons (Fsp3) is 0.217. The molecule has 29 heavy (non-hydrogen) atoms. The summed E-state index contributed by atoms with van der Waals surface area (Å²) >= 11 is 0. The topological polar surface area (TPSA) is 52.7 Å². The van der Waals surface area contributed by atoms with E-state index in [1.807, 2.05) is 37.3 Å². The van der Waals surface area contributed by atoms with Gasteiger partial charge < -0.3 is 4.90 Å². The van der Waals surface area contributed by atoms with Crippen LogP contribution in [-0.2, 0) is 0 Å². The molecule has 1 aliphatic rings. The highest BCUT2D eigenvalue weighted by molar-refractivity contribution is 5.55. The van der Waals surface area contributed by atoms with Gasteiger partial charge in [-0.1, -0.05) is 6.07 Å². The number of benzene rings is 3. The van der Waals surface area contributed by atoms with Crippen LogP contribution in [0.4, 0.5) is 32.8 Å². The number of hydrogen-bond acceptors (Lipinski definition) is 5. The van der Waals surface area contributed by atoms with E-state index in [0.29, 0.717) is 11.4 Å². The Morgan fingerprint density at radius 2 is 1.38 bits per heavy atom. The Morgan fingerprint density at radius 3 is 2.10 bits per heavy atom. The summed E-state index contributed by atoms with van der Waals surface area (Å²) < 4.78 is 13.2. The SMILES string of the molecule is Cc1cc(/N=N/c2ccc(N3CCCC3)cc2)ccc1/N=N/c1cccc(F)c1. The van der Waals surface area contributed by atoms with Crippen LogP contribution >= 0.6 is 0 Å². The fourth-order valence-corrected chi connectivity index (χ4v) is 3.28. The van der Waals surface area contributed by atoms with E-state index >= 15 is 0 Å². The molecule has 0 radical (unpaired) electrons. The summed E-state index contributed by atoms with van der Waals surface area (Å²) in [7, 11) is 0. The molecule has 0 N–H and O–H groups in total. The monoisotopic (exact) mass is 387 g/mol. The maximum Gasteiger partial charge on any atom is 0.125 e. The number of anilines is 1.